The summed E-state index contributed by atoms with van der Waals surface area (Å²) >= 11 is 6.89. The average molecular weight is 532 g/mol. The Morgan fingerprint density at radius 2 is 1.87 bits per heavy atom. The van der Waals surface area contributed by atoms with Crippen LogP contribution in [0.1, 0.15) is 30.9 Å². The van der Waals surface area contributed by atoms with Gasteiger partial charge in [-0.25, -0.2) is 0 Å². The van der Waals surface area contributed by atoms with Crippen molar-refractivity contribution in [1.29, 1.82) is 10.5 Å². The Balaban J connectivity index is 1.24. The summed E-state index contributed by atoms with van der Waals surface area (Å²) in [5.74, 6) is 0.867. The number of fused-ring (bicyclic) bond motifs is 1. The number of hydrogen-bond donors (Lipinski definition) is 2. The first-order chi connectivity index (χ1) is 18.4. The van der Waals surface area contributed by atoms with Crippen molar-refractivity contribution in [2.24, 2.45) is 0 Å². The minimum absolute atomic E-state index is 0.121. The van der Waals surface area contributed by atoms with Crippen LogP contribution in [-0.4, -0.2) is 86.6 Å². The highest BCUT2D eigenvalue weighted by atomic mass is 35.5. The first kappa shape index (κ1) is 24.2. The second-order valence-electron chi connectivity index (χ2n) is 9.89. The lowest BCUT2D eigenvalue weighted by Gasteiger charge is -2.48. The summed E-state index contributed by atoms with van der Waals surface area (Å²) in [4.78, 5) is 27.1. The highest BCUT2D eigenvalue weighted by molar-refractivity contribution is 6.36. The molecule has 1 saturated carbocycles. The van der Waals surface area contributed by atoms with Gasteiger partial charge in [0.1, 0.15) is 11.6 Å². The maximum Gasteiger partial charge on any atom is 0.232 e. The van der Waals surface area contributed by atoms with E-state index in [2.05, 4.69) is 47.6 Å². The van der Waals surface area contributed by atoms with Crippen molar-refractivity contribution < 1.29 is 4.79 Å². The van der Waals surface area contributed by atoms with Crippen LogP contribution in [0, 0.1) is 22.7 Å². The van der Waals surface area contributed by atoms with Crippen LogP contribution in [0.4, 0.5) is 23.3 Å². The van der Waals surface area contributed by atoms with Crippen LogP contribution in [0.3, 0.4) is 0 Å². The molecule has 0 spiro atoms. The first-order valence-corrected chi connectivity index (χ1v) is 13.0. The lowest BCUT2D eigenvalue weighted by Crippen LogP contribution is -2.64. The molecular formula is C25H26ClN11O. The highest BCUT2D eigenvalue weighted by Gasteiger charge is 2.35. The van der Waals surface area contributed by atoms with Gasteiger partial charge in [-0.2, -0.15) is 30.1 Å². The number of aromatic nitrogens is 4. The van der Waals surface area contributed by atoms with Gasteiger partial charge in [0.05, 0.1) is 34.2 Å². The van der Waals surface area contributed by atoms with E-state index in [1.54, 1.807) is 19.1 Å². The molecule has 6 rings (SSSR count). The fourth-order valence-electron chi connectivity index (χ4n) is 4.90. The van der Waals surface area contributed by atoms with E-state index in [-0.39, 0.29) is 11.9 Å². The zero-order valence-electron chi connectivity index (χ0n) is 20.9. The van der Waals surface area contributed by atoms with Gasteiger partial charge in [-0.3, -0.25) is 9.69 Å². The molecule has 0 unspecified atom stereocenters. The molecule has 3 fully saturated rings. The predicted octanol–water partition coefficient (Wildman–Crippen LogP) is 2.19. The van der Waals surface area contributed by atoms with Gasteiger partial charge in [0, 0.05) is 58.3 Å². The molecule has 38 heavy (non-hydrogen) atoms. The van der Waals surface area contributed by atoms with E-state index >= 15 is 0 Å². The molecule has 2 aliphatic heterocycles. The van der Waals surface area contributed by atoms with Crippen molar-refractivity contribution in [3.63, 3.8) is 0 Å². The van der Waals surface area contributed by atoms with E-state index < -0.39 is 0 Å². The van der Waals surface area contributed by atoms with Crippen molar-refractivity contribution in [3.8, 4) is 12.1 Å². The molecule has 0 atom stereocenters. The van der Waals surface area contributed by atoms with Crippen molar-refractivity contribution in [3.05, 3.63) is 34.5 Å². The largest absolute Gasteiger partial charge is 0.368 e. The van der Waals surface area contributed by atoms with Crippen molar-refractivity contribution >= 4 is 46.4 Å². The molecule has 194 valence electrons. The summed E-state index contributed by atoms with van der Waals surface area (Å²) in [6.07, 6.45) is 3.56. The van der Waals surface area contributed by atoms with Crippen LogP contribution in [0.15, 0.2) is 18.3 Å². The number of rotatable bonds is 6. The van der Waals surface area contributed by atoms with Gasteiger partial charge >= 0.3 is 0 Å². The molecular weight excluding hydrogens is 506 g/mol. The number of likely N-dealkylation sites (tertiary alicyclic amines) is 1. The lowest BCUT2D eigenvalue weighted by molar-refractivity contribution is -0.136. The van der Waals surface area contributed by atoms with Gasteiger partial charge in [-0.05, 0) is 25.0 Å². The zero-order chi connectivity index (χ0) is 26.4. The van der Waals surface area contributed by atoms with Crippen LogP contribution >= 0.6 is 11.6 Å². The number of piperazine rings is 1. The van der Waals surface area contributed by atoms with Crippen LogP contribution in [-0.2, 0) is 4.79 Å². The summed E-state index contributed by atoms with van der Waals surface area (Å²) in [7, 11) is 0. The standard InChI is InChI=1S/C25H26ClN11O/c1-15(38)36-13-19(14-36)34-4-6-35(7-5-34)21-9-16(10-27)8-20(22(21)26)31-24-32-23-17(11-28)12-29-37(23)25(33-24)30-18-2-3-18/h8-9,12,18-19H,2-7,13-14H2,1H3,(H2,30,31,32,33). The van der Waals surface area contributed by atoms with Crippen LogP contribution in [0.2, 0.25) is 5.02 Å². The molecule has 3 aliphatic rings. The summed E-state index contributed by atoms with van der Waals surface area (Å²) in [5.41, 5.74) is 2.47. The molecule has 2 N–H and O–H groups in total. The fraction of sp³-hybridized carbons (Fsp3) is 0.440. The quantitative estimate of drug-likeness (QED) is 0.486. The van der Waals surface area contributed by atoms with Gasteiger partial charge in [0.2, 0.25) is 17.8 Å². The molecule has 0 radical (unpaired) electrons. The molecule has 1 aliphatic carbocycles. The predicted molar refractivity (Wildman–Crippen MR) is 141 cm³/mol. The first-order valence-electron chi connectivity index (χ1n) is 12.6. The summed E-state index contributed by atoms with van der Waals surface area (Å²) in [5, 5.41) is 30.5. The maximum absolute atomic E-state index is 11.5. The molecule has 1 aromatic carbocycles. The van der Waals surface area contributed by atoms with Gasteiger partial charge in [0.25, 0.3) is 0 Å². The number of amides is 1. The number of nitriles is 2. The molecule has 2 aromatic heterocycles. The Morgan fingerprint density at radius 3 is 2.53 bits per heavy atom. The second kappa shape index (κ2) is 9.63. The smallest absolute Gasteiger partial charge is 0.232 e. The third kappa shape index (κ3) is 4.53. The number of halogens is 1. The Morgan fingerprint density at radius 1 is 1.11 bits per heavy atom. The topological polar surface area (TPSA) is 142 Å². The van der Waals surface area contributed by atoms with Crippen LogP contribution in [0.5, 0.6) is 0 Å². The molecule has 3 aromatic rings. The van der Waals surface area contributed by atoms with Crippen LogP contribution in [0.25, 0.3) is 5.65 Å². The number of hydrogen-bond acceptors (Lipinski definition) is 10. The number of nitrogens with one attached hydrogen (secondary N) is 2. The number of nitrogens with zero attached hydrogens (tertiary/aromatic N) is 9. The van der Waals surface area contributed by atoms with Gasteiger partial charge < -0.3 is 20.4 Å². The minimum atomic E-state index is 0.121. The number of anilines is 4. The minimum Gasteiger partial charge on any atom is -0.368 e. The molecule has 2 saturated heterocycles. The van der Waals surface area contributed by atoms with E-state index in [1.165, 1.54) is 10.7 Å². The Bertz CT molecular complexity index is 1490. The monoisotopic (exact) mass is 531 g/mol. The third-order valence-electron chi connectivity index (χ3n) is 7.31. The Kier molecular flexibility index (Phi) is 6.14. The third-order valence-corrected chi connectivity index (χ3v) is 7.70. The number of carbonyl (C=O) groups excluding carboxylic acids is 1. The molecule has 1 amide bonds. The fourth-order valence-corrected chi connectivity index (χ4v) is 5.18. The second-order valence-corrected chi connectivity index (χ2v) is 10.3. The van der Waals surface area contributed by atoms with Gasteiger partial charge in [-0.15, -0.1) is 0 Å². The van der Waals surface area contributed by atoms with E-state index in [0.29, 0.717) is 45.5 Å². The SMILES string of the molecule is CC(=O)N1CC(N2CCN(c3cc(C#N)cc(Nc4nc(NC5CC5)n5ncc(C#N)c5n4)c3Cl)CC2)C1. The lowest BCUT2D eigenvalue weighted by atomic mass is 10.1. The molecule has 0 bridgehead atoms. The van der Waals surface area contributed by atoms with Crippen molar-refractivity contribution in [2.45, 2.75) is 31.8 Å². The Hall–Kier alpha value is -4.13. The number of benzene rings is 1. The normalized spacial score (nSPS) is 18.1. The highest BCUT2D eigenvalue weighted by Crippen LogP contribution is 2.37. The summed E-state index contributed by atoms with van der Waals surface area (Å²) < 4.78 is 1.53. The van der Waals surface area contributed by atoms with Crippen LogP contribution < -0.4 is 15.5 Å². The number of carbonyl (C=O) groups is 1. The average Bonchev–Trinajstić information content (AvgIpc) is 3.60. The maximum atomic E-state index is 11.5. The van der Waals surface area contributed by atoms with E-state index in [9.17, 15) is 15.3 Å². The van der Waals surface area contributed by atoms with E-state index in [0.717, 1.165) is 57.8 Å². The Labute approximate surface area is 224 Å². The van der Waals surface area contributed by atoms with E-state index in [1.807, 2.05) is 4.90 Å². The van der Waals surface area contributed by atoms with E-state index in [4.69, 9.17) is 11.6 Å². The van der Waals surface area contributed by atoms with Crippen molar-refractivity contribution in [2.75, 3.05) is 54.8 Å². The molecule has 4 heterocycles. The zero-order valence-corrected chi connectivity index (χ0v) is 21.6. The molecule has 12 nitrogen and oxygen atoms in total. The van der Waals surface area contributed by atoms with Gasteiger partial charge in [0.15, 0.2) is 5.65 Å². The van der Waals surface area contributed by atoms with Crippen molar-refractivity contribution in [1.82, 2.24) is 29.4 Å². The summed E-state index contributed by atoms with van der Waals surface area (Å²) in [6, 6.07) is 8.54. The summed E-state index contributed by atoms with van der Waals surface area (Å²) in [6.45, 7) is 6.37. The van der Waals surface area contributed by atoms with Gasteiger partial charge in [-0.1, -0.05) is 11.6 Å². The molecule has 13 heteroatoms.